The molecule has 21 heavy (non-hydrogen) atoms. The molecule has 0 aliphatic rings. The van der Waals surface area contributed by atoms with Crippen LogP contribution in [0.2, 0.25) is 0 Å². The number of imidazole rings is 1. The molecule has 4 heteroatoms. The van der Waals surface area contributed by atoms with Crippen molar-refractivity contribution in [3.05, 3.63) is 66.5 Å². The number of nitrogen functional groups attached to an aromatic ring is 1. The summed E-state index contributed by atoms with van der Waals surface area (Å²) < 4.78 is 7.29. The molecule has 4 nitrogen and oxygen atoms in total. The van der Waals surface area contributed by atoms with E-state index in [1.165, 1.54) is 0 Å². The van der Waals surface area contributed by atoms with Crippen molar-refractivity contribution in [1.82, 2.24) is 9.55 Å². The summed E-state index contributed by atoms with van der Waals surface area (Å²) in [6.45, 7) is 0.742. The zero-order valence-corrected chi connectivity index (χ0v) is 11.9. The largest absolute Gasteiger partial charge is 0.497 e. The molecule has 0 saturated heterocycles. The molecule has 2 aromatic carbocycles. The van der Waals surface area contributed by atoms with Gasteiger partial charge in [-0.1, -0.05) is 12.1 Å². The Labute approximate surface area is 123 Å². The van der Waals surface area contributed by atoms with Crippen molar-refractivity contribution in [3.63, 3.8) is 0 Å². The molecule has 0 fully saturated rings. The lowest BCUT2D eigenvalue weighted by molar-refractivity contribution is 0.415. The van der Waals surface area contributed by atoms with Gasteiger partial charge in [-0.25, -0.2) is 4.98 Å². The second-order valence-corrected chi connectivity index (χ2v) is 4.85. The predicted octanol–water partition coefficient (Wildman–Crippen LogP) is 3.19. The summed E-state index contributed by atoms with van der Waals surface area (Å²) in [4.78, 5) is 4.45. The van der Waals surface area contributed by atoms with Crippen LogP contribution in [0.5, 0.6) is 5.75 Å². The highest BCUT2D eigenvalue weighted by Gasteiger charge is 2.07. The van der Waals surface area contributed by atoms with E-state index >= 15 is 0 Å². The molecule has 0 aliphatic heterocycles. The highest BCUT2D eigenvalue weighted by Crippen LogP contribution is 2.22. The first kappa shape index (κ1) is 13.2. The number of nitrogens with zero attached hydrogens (tertiary/aromatic N) is 2. The number of nitrogens with two attached hydrogens (primary N) is 1. The fraction of sp³-hybridized carbons (Fsp3) is 0.118. The second-order valence-electron chi connectivity index (χ2n) is 4.85. The minimum Gasteiger partial charge on any atom is -0.497 e. The zero-order chi connectivity index (χ0) is 14.7. The summed E-state index contributed by atoms with van der Waals surface area (Å²) in [5.74, 6) is 1.77. The van der Waals surface area contributed by atoms with Crippen LogP contribution in [-0.2, 0) is 6.54 Å². The number of anilines is 1. The zero-order valence-electron chi connectivity index (χ0n) is 11.9. The van der Waals surface area contributed by atoms with E-state index < -0.39 is 0 Å². The van der Waals surface area contributed by atoms with Gasteiger partial charge in [0.25, 0.3) is 0 Å². The Morgan fingerprint density at radius 3 is 2.67 bits per heavy atom. The first-order chi connectivity index (χ1) is 10.3. The minimum absolute atomic E-state index is 0.742. The van der Waals surface area contributed by atoms with Gasteiger partial charge in [0, 0.05) is 30.2 Å². The number of hydrogen-bond acceptors (Lipinski definition) is 3. The van der Waals surface area contributed by atoms with Crippen LogP contribution in [0.15, 0.2) is 60.9 Å². The van der Waals surface area contributed by atoms with Crippen LogP contribution in [0.25, 0.3) is 11.4 Å². The normalized spacial score (nSPS) is 10.5. The quantitative estimate of drug-likeness (QED) is 0.746. The third-order valence-electron chi connectivity index (χ3n) is 3.37. The van der Waals surface area contributed by atoms with Crippen LogP contribution in [0.1, 0.15) is 5.56 Å². The van der Waals surface area contributed by atoms with Crippen LogP contribution in [-0.4, -0.2) is 16.7 Å². The van der Waals surface area contributed by atoms with Gasteiger partial charge in [-0.2, -0.15) is 0 Å². The van der Waals surface area contributed by atoms with Gasteiger partial charge in [0.15, 0.2) is 0 Å². The molecule has 0 radical (unpaired) electrons. The highest BCUT2D eigenvalue weighted by molar-refractivity contribution is 5.57. The molecule has 3 rings (SSSR count). The van der Waals surface area contributed by atoms with Crippen molar-refractivity contribution >= 4 is 5.69 Å². The molecular formula is C17H17N3O. The van der Waals surface area contributed by atoms with Crippen molar-refractivity contribution in [1.29, 1.82) is 0 Å². The van der Waals surface area contributed by atoms with Gasteiger partial charge < -0.3 is 15.0 Å². The molecule has 0 unspecified atom stereocenters. The summed E-state index contributed by atoms with van der Waals surface area (Å²) >= 11 is 0. The molecule has 1 heterocycles. The van der Waals surface area contributed by atoms with Gasteiger partial charge in [-0.15, -0.1) is 0 Å². The highest BCUT2D eigenvalue weighted by atomic mass is 16.5. The first-order valence-corrected chi connectivity index (χ1v) is 6.76. The number of ether oxygens (including phenoxy) is 1. The van der Waals surface area contributed by atoms with E-state index in [-0.39, 0.29) is 0 Å². The van der Waals surface area contributed by atoms with Crippen molar-refractivity contribution in [2.45, 2.75) is 6.54 Å². The molecule has 3 aromatic rings. The van der Waals surface area contributed by atoms with Gasteiger partial charge in [-0.3, -0.25) is 0 Å². The Bertz CT molecular complexity index is 732. The Morgan fingerprint density at radius 1 is 1.14 bits per heavy atom. The minimum atomic E-state index is 0.742. The SMILES string of the molecule is COc1ccc(-c2nccn2Cc2cccc(N)c2)cc1. The number of aromatic nitrogens is 2. The fourth-order valence-electron chi connectivity index (χ4n) is 2.33. The second kappa shape index (κ2) is 5.71. The third-order valence-corrected chi connectivity index (χ3v) is 3.37. The van der Waals surface area contributed by atoms with Crippen LogP contribution in [0.4, 0.5) is 5.69 Å². The standard InChI is InChI=1S/C17H17N3O/c1-21-16-7-5-14(6-8-16)17-19-9-10-20(17)12-13-3-2-4-15(18)11-13/h2-11H,12,18H2,1H3. The maximum Gasteiger partial charge on any atom is 0.140 e. The van der Waals surface area contributed by atoms with Crippen LogP contribution < -0.4 is 10.5 Å². The van der Waals surface area contributed by atoms with Gasteiger partial charge in [0.05, 0.1) is 7.11 Å². The Hall–Kier alpha value is -2.75. The number of benzene rings is 2. The van der Waals surface area contributed by atoms with Gasteiger partial charge >= 0.3 is 0 Å². The van der Waals surface area contributed by atoms with Gasteiger partial charge in [0.2, 0.25) is 0 Å². The summed E-state index contributed by atoms with van der Waals surface area (Å²) in [5.41, 5.74) is 8.82. The smallest absolute Gasteiger partial charge is 0.140 e. The van der Waals surface area contributed by atoms with Gasteiger partial charge in [-0.05, 0) is 42.0 Å². The predicted molar refractivity (Wildman–Crippen MR) is 84.2 cm³/mol. The van der Waals surface area contributed by atoms with Crippen molar-refractivity contribution in [2.75, 3.05) is 12.8 Å². The average molecular weight is 279 g/mol. The number of methoxy groups -OCH3 is 1. The summed E-state index contributed by atoms with van der Waals surface area (Å²) in [6.07, 6.45) is 3.79. The van der Waals surface area contributed by atoms with Gasteiger partial charge in [0.1, 0.15) is 11.6 Å². The van der Waals surface area contributed by atoms with Crippen LogP contribution >= 0.6 is 0 Å². The summed E-state index contributed by atoms with van der Waals surface area (Å²) in [5, 5.41) is 0. The maximum atomic E-state index is 5.83. The summed E-state index contributed by atoms with van der Waals surface area (Å²) in [7, 11) is 1.66. The molecule has 0 amide bonds. The number of hydrogen-bond donors (Lipinski definition) is 1. The molecule has 1 aromatic heterocycles. The molecule has 0 bridgehead atoms. The van der Waals surface area contributed by atoms with Crippen LogP contribution in [0, 0.1) is 0 Å². The van der Waals surface area contributed by atoms with Crippen molar-refractivity contribution in [2.24, 2.45) is 0 Å². The molecule has 0 spiro atoms. The molecule has 0 saturated carbocycles. The van der Waals surface area contributed by atoms with E-state index in [9.17, 15) is 0 Å². The van der Waals surface area contributed by atoms with Crippen molar-refractivity contribution < 1.29 is 4.74 Å². The Morgan fingerprint density at radius 2 is 1.95 bits per heavy atom. The summed E-state index contributed by atoms with van der Waals surface area (Å²) in [6, 6.07) is 15.8. The maximum absolute atomic E-state index is 5.83. The van der Waals surface area contributed by atoms with E-state index in [0.29, 0.717) is 0 Å². The lowest BCUT2D eigenvalue weighted by Crippen LogP contribution is -2.01. The van der Waals surface area contributed by atoms with E-state index in [2.05, 4.69) is 15.6 Å². The average Bonchev–Trinajstić information content (AvgIpc) is 2.95. The first-order valence-electron chi connectivity index (χ1n) is 6.76. The molecule has 106 valence electrons. The fourth-order valence-corrected chi connectivity index (χ4v) is 2.33. The van der Waals surface area contributed by atoms with E-state index in [1.807, 2.05) is 54.9 Å². The Balaban J connectivity index is 1.89. The van der Waals surface area contributed by atoms with Crippen molar-refractivity contribution in [3.8, 4) is 17.1 Å². The topological polar surface area (TPSA) is 53.1 Å². The van der Waals surface area contributed by atoms with Crippen LogP contribution in [0.3, 0.4) is 0 Å². The third kappa shape index (κ3) is 2.89. The van der Waals surface area contributed by atoms with E-state index in [1.54, 1.807) is 7.11 Å². The Kier molecular flexibility index (Phi) is 3.60. The molecule has 0 atom stereocenters. The van der Waals surface area contributed by atoms with E-state index in [0.717, 1.165) is 34.9 Å². The molecular weight excluding hydrogens is 262 g/mol. The monoisotopic (exact) mass is 279 g/mol. The lowest BCUT2D eigenvalue weighted by Gasteiger charge is -2.09. The molecule has 0 aliphatic carbocycles. The van der Waals surface area contributed by atoms with E-state index in [4.69, 9.17) is 10.5 Å². The molecule has 2 N–H and O–H groups in total. The number of rotatable bonds is 4. The lowest BCUT2D eigenvalue weighted by atomic mass is 10.2.